The molecule has 0 saturated heterocycles. The quantitative estimate of drug-likeness (QED) is 0.855. The van der Waals surface area contributed by atoms with Gasteiger partial charge in [0.25, 0.3) is 0 Å². The van der Waals surface area contributed by atoms with Gasteiger partial charge in [0.1, 0.15) is 10.7 Å². The number of rotatable bonds is 2. The van der Waals surface area contributed by atoms with E-state index in [4.69, 9.17) is 0 Å². The molecule has 21 heavy (non-hydrogen) atoms. The van der Waals surface area contributed by atoms with Crippen molar-refractivity contribution in [1.29, 1.82) is 0 Å². The smallest absolute Gasteiger partial charge is 0.207 e. The van der Waals surface area contributed by atoms with Gasteiger partial charge in [-0.05, 0) is 42.2 Å². The fourth-order valence-electron chi connectivity index (χ4n) is 2.62. The van der Waals surface area contributed by atoms with E-state index in [-0.39, 0.29) is 4.90 Å². The van der Waals surface area contributed by atoms with Gasteiger partial charge in [0.15, 0.2) is 0 Å². The lowest BCUT2D eigenvalue weighted by Crippen LogP contribution is -2.36. The van der Waals surface area contributed by atoms with E-state index >= 15 is 0 Å². The van der Waals surface area contributed by atoms with Gasteiger partial charge < -0.3 is 0 Å². The Morgan fingerprint density at radius 2 is 1.81 bits per heavy atom. The Hall–Kier alpha value is -1.72. The summed E-state index contributed by atoms with van der Waals surface area (Å²) in [7, 11) is -3.80. The standard InChI is InChI=1S/C16H16FNO2S/c1-12-6-7-15(17)16(10-12)21(19,20)18-9-8-13-4-2-3-5-14(13)11-18/h2-7,10H,8-9,11H2,1H3. The molecule has 3 nitrogen and oxygen atoms in total. The Kier molecular flexibility index (Phi) is 3.55. The minimum atomic E-state index is -3.80. The molecule has 3 rings (SSSR count). The predicted molar refractivity (Wildman–Crippen MR) is 78.9 cm³/mol. The summed E-state index contributed by atoms with van der Waals surface area (Å²) in [5, 5.41) is 0. The third-order valence-corrected chi connectivity index (χ3v) is 5.66. The summed E-state index contributed by atoms with van der Waals surface area (Å²) >= 11 is 0. The first-order valence-corrected chi connectivity index (χ1v) is 8.25. The average molecular weight is 305 g/mol. The van der Waals surface area contributed by atoms with Crippen molar-refractivity contribution in [2.75, 3.05) is 6.54 Å². The van der Waals surface area contributed by atoms with Gasteiger partial charge >= 0.3 is 0 Å². The van der Waals surface area contributed by atoms with Gasteiger partial charge in [0.05, 0.1) is 0 Å². The van der Waals surface area contributed by atoms with E-state index in [1.165, 1.54) is 16.4 Å². The monoisotopic (exact) mass is 305 g/mol. The molecule has 0 aliphatic carbocycles. The molecule has 1 heterocycles. The Morgan fingerprint density at radius 3 is 2.57 bits per heavy atom. The fraction of sp³-hybridized carbons (Fsp3) is 0.250. The molecule has 1 aliphatic rings. The summed E-state index contributed by atoms with van der Waals surface area (Å²) in [6.07, 6.45) is 0.656. The first-order valence-electron chi connectivity index (χ1n) is 6.81. The summed E-state index contributed by atoms with van der Waals surface area (Å²) in [6, 6.07) is 11.9. The maximum absolute atomic E-state index is 13.9. The lowest BCUT2D eigenvalue weighted by molar-refractivity contribution is 0.388. The van der Waals surface area contributed by atoms with Crippen molar-refractivity contribution in [2.24, 2.45) is 0 Å². The Balaban J connectivity index is 1.99. The second-order valence-electron chi connectivity index (χ2n) is 5.29. The molecule has 5 heteroatoms. The minimum absolute atomic E-state index is 0.234. The highest BCUT2D eigenvalue weighted by Gasteiger charge is 2.30. The molecule has 0 saturated carbocycles. The highest BCUT2D eigenvalue weighted by Crippen LogP contribution is 2.26. The number of sulfonamides is 1. The SMILES string of the molecule is Cc1ccc(F)c(S(=O)(=O)N2CCc3ccccc3C2)c1. The zero-order valence-corrected chi connectivity index (χ0v) is 12.5. The average Bonchev–Trinajstić information content (AvgIpc) is 2.49. The van der Waals surface area contributed by atoms with Crippen LogP contribution in [0.4, 0.5) is 4.39 Å². The molecular formula is C16H16FNO2S. The Labute approximate surface area is 124 Å². The lowest BCUT2D eigenvalue weighted by Gasteiger charge is -2.28. The second-order valence-corrected chi connectivity index (χ2v) is 7.20. The molecule has 0 radical (unpaired) electrons. The highest BCUT2D eigenvalue weighted by molar-refractivity contribution is 7.89. The molecule has 0 aromatic heterocycles. The van der Waals surface area contributed by atoms with Crippen LogP contribution in [0.1, 0.15) is 16.7 Å². The maximum Gasteiger partial charge on any atom is 0.246 e. The van der Waals surface area contributed by atoms with Gasteiger partial charge in [-0.25, -0.2) is 12.8 Å². The van der Waals surface area contributed by atoms with E-state index < -0.39 is 15.8 Å². The van der Waals surface area contributed by atoms with Crippen LogP contribution in [-0.4, -0.2) is 19.3 Å². The van der Waals surface area contributed by atoms with Crippen LogP contribution >= 0.6 is 0 Å². The van der Waals surface area contributed by atoms with E-state index in [0.29, 0.717) is 19.5 Å². The number of fused-ring (bicyclic) bond motifs is 1. The summed E-state index contributed by atoms with van der Waals surface area (Å²) in [6.45, 7) is 2.43. The number of halogens is 1. The molecule has 2 aromatic rings. The van der Waals surface area contributed by atoms with E-state index in [1.54, 1.807) is 13.0 Å². The first-order chi connectivity index (χ1) is 9.98. The normalized spacial score (nSPS) is 15.7. The van der Waals surface area contributed by atoms with E-state index in [1.807, 2.05) is 24.3 Å². The van der Waals surface area contributed by atoms with Gasteiger partial charge in [-0.3, -0.25) is 0 Å². The maximum atomic E-state index is 13.9. The minimum Gasteiger partial charge on any atom is -0.207 e. The third kappa shape index (κ3) is 2.59. The molecule has 0 N–H and O–H groups in total. The largest absolute Gasteiger partial charge is 0.246 e. The van der Waals surface area contributed by atoms with E-state index in [9.17, 15) is 12.8 Å². The van der Waals surface area contributed by atoms with Crippen LogP contribution in [0, 0.1) is 12.7 Å². The fourth-order valence-corrected chi connectivity index (χ4v) is 4.19. The number of hydrogen-bond acceptors (Lipinski definition) is 2. The number of benzene rings is 2. The first kappa shape index (κ1) is 14.2. The zero-order valence-electron chi connectivity index (χ0n) is 11.7. The predicted octanol–water partition coefficient (Wildman–Crippen LogP) is 2.88. The van der Waals surface area contributed by atoms with Crippen LogP contribution in [0.2, 0.25) is 0 Å². The molecule has 0 atom stereocenters. The van der Waals surface area contributed by atoms with Crippen molar-refractivity contribution in [2.45, 2.75) is 24.8 Å². The topological polar surface area (TPSA) is 37.4 Å². The van der Waals surface area contributed by atoms with Crippen LogP contribution in [0.3, 0.4) is 0 Å². The molecule has 0 spiro atoms. The summed E-state index contributed by atoms with van der Waals surface area (Å²) in [4.78, 5) is -0.234. The molecule has 110 valence electrons. The molecule has 0 unspecified atom stereocenters. The van der Waals surface area contributed by atoms with E-state index in [0.717, 1.165) is 16.7 Å². The van der Waals surface area contributed by atoms with Crippen LogP contribution in [0.25, 0.3) is 0 Å². The number of nitrogens with zero attached hydrogens (tertiary/aromatic N) is 1. The third-order valence-electron chi connectivity index (χ3n) is 3.80. The summed E-state index contributed by atoms with van der Waals surface area (Å²) in [5.74, 6) is -0.695. The second kappa shape index (κ2) is 5.24. The van der Waals surface area contributed by atoms with Crippen LogP contribution in [-0.2, 0) is 23.0 Å². The summed E-state index contributed by atoms with van der Waals surface area (Å²) < 4.78 is 40.6. The van der Waals surface area contributed by atoms with Gasteiger partial charge in [0, 0.05) is 13.1 Å². The van der Waals surface area contributed by atoms with Crippen LogP contribution in [0.15, 0.2) is 47.4 Å². The van der Waals surface area contributed by atoms with Crippen molar-refractivity contribution in [3.05, 3.63) is 65.0 Å². The van der Waals surface area contributed by atoms with Crippen molar-refractivity contribution in [1.82, 2.24) is 4.31 Å². The van der Waals surface area contributed by atoms with Crippen molar-refractivity contribution < 1.29 is 12.8 Å². The molecular weight excluding hydrogens is 289 g/mol. The van der Waals surface area contributed by atoms with Crippen LogP contribution in [0.5, 0.6) is 0 Å². The Morgan fingerprint density at radius 1 is 1.10 bits per heavy atom. The molecule has 0 fully saturated rings. The van der Waals surface area contributed by atoms with Crippen molar-refractivity contribution in [3.8, 4) is 0 Å². The van der Waals surface area contributed by atoms with Gasteiger partial charge in [0.2, 0.25) is 10.0 Å². The van der Waals surface area contributed by atoms with Gasteiger partial charge in [-0.15, -0.1) is 0 Å². The Bertz CT molecular complexity index is 787. The number of aryl methyl sites for hydroxylation is 1. The molecule has 1 aliphatic heterocycles. The van der Waals surface area contributed by atoms with Crippen molar-refractivity contribution >= 4 is 10.0 Å². The van der Waals surface area contributed by atoms with E-state index in [2.05, 4.69) is 0 Å². The summed E-state index contributed by atoms with van der Waals surface area (Å²) in [5.41, 5.74) is 2.88. The molecule has 0 bridgehead atoms. The number of hydrogen-bond donors (Lipinski definition) is 0. The van der Waals surface area contributed by atoms with Crippen LogP contribution < -0.4 is 0 Å². The molecule has 2 aromatic carbocycles. The lowest BCUT2D eigenvalue weighted by atomic mass is 10.0. The zero-order chi connectivity index (χ0) is 15.0. The molecule has 0 amide bonds. The highest BCUT2D eigenvalue weighted by atomic mass is 32.2. The van der Waals surface area contributed by atoms with Gasteiger partial charge in [-0.1, -0.05) is 30.3 Å². The van der Waals surface area contributed by atoms with Gasteiger partial charge in [-0.2, -0.15) is 4.31 Å². The van der Waals surface area contributed by atoms with Crippen molar-refractivity contribution in [3.63, 3.8) is 0 Å².